The maximum atomic E-state index is 12.6. The van der Waals surface area contributed by atoms with E-state index in [9.17, 15) is 18.0 Å². The molecule has 0 atom stereocenters. The Morgan fingerprint density at radius 3 is 2.32 bits per heavy atom. The first kappa shape index (κ1) is 19.6. The number of halogens is 1. The molecule has 13 heteroatoms. The second-order valence-electron chi connectivity index (χ2n) is 5.84. The minimum Gasteiger partial charge on any atom is -0.288 e. The molecule has 0 aliphatic rings. The summed E-state index contributed by atoms with van der Waals surface area (Å²) in [6.45, 7) is 0. The van der Waals surface area contributed by atoms with Crippen LogP contribution in [0.15, 0.2) is 34.0 Å². The van der Waals surface area contributed by atoms with Crippen LogP contribution in [0.3, 0.4) is 0 Å². The fraction of sp³-hybridized carbons (Fsp3) is 0.200. The van der Waals surface area contributed by atoms with Crippen LogP contribution in [0.4, 0.5) is 5.95 Å². The minimum atomic E-state index is -3.40. The predicted molar refractivity (Wildman–Crippen MR) is 99.8 cm³/mol. The molecule has 3 rings (SSSR count). The van der Waals surface area contributed by atoms with Gasteiger partial charge in [0.15, 0.2) is 15.5 Å². The zero-order valence-electron chi connectivity index (χ0n) is 14.9. The molecule has 2 heterocycles. The molecule has 0 aliphatic heterocycles. The molecule has 0 unspecified atom stereocenters. The number of hydrogen-bond acceptors (Lipinski definition) is 8. The highest BCUT2D eigenvalue weighted by Gasteiger charge is 2.23. The molecule has 0 aliphatic carbocycles. The van der Waals surface area contributed by atoms with Crippen LogP contribution < -0.4 is 10.9 Å². The van der Waals surface area contributed by atoms with Gasteiger partial charge >= 0.3 is 0 Å². The molecule has 1 aromatic carbocycles. The Balaban J connectivity index is 2.09. The van der Waals surface area contributed by atoms with Crippen LogP contribution >= 0.6 is 11.6 Å². The molecule has 0 saturated heterocycles. The Kier molecular flexibility index (Phi) is 5.00. The Bertz CT molecular complexity index is 1230. The number of rotatable bonds is 4. The molecule has 0 bridgehead atoms. The lowest BCUT2D eigenvalue weighted by Crippen LogP contribution is -2.27. The third-order valence-electron chi connectivity index (χ3n) is 3.82. The number of amides is 1. The number of carbonyl (C=O) groups excluding carboxylic acids is 1. The number of nitrogens with one attached hydrogen (secondary N) is 1. The van der Waals surface area contributed by atoms with E-state index in [0.717, 1.165) is 10.9 Å². The molecule has 146 valence electrons. The standard InChI is InChI=1S/C15H14ClN7O4S/c1-22-14(25)10(8-4-6-9(7-5-8)28(3,26)27)11(16)12(19-22)13(24)17-15-18-20-21-23(15)2/h4-7H,1-3H3,(H,17,18,21,24). The van der Waals surface area contributed by atoms with Gasteiger partial charge in [-0.15, -0.1) is 0 Å². The van der Waals surface area contributed by atoms with Crippen molar-refractivity contribution in [3.63, 3.8) is 0 Å². The van der Waals surface area contributed by atoms with Crippen molar-refractivity contribution in [2.24, 2.45) is 14.1 Å². The van der Waals surface area contributed by atoms with E-state index < -0.39 is 21.3 Å². The van der Waals surface area contributed by atoms with Gasteiger partial charge in [0.1, 0.15) is 0 Å². The van der Waals surface area contributed by atoms with Gasteiger partial charge in [-0.1, -0.05) is 28.8 Å². The molecule has 1 amide bonds. The first-order valence-electron chi connectivity index (χ1n) is 7.70. The van der Waals surface area contributed by atoms with Gasteiger partial charge in [-0.05, 0) is 28.1 Å². The van der Waals surface area contributed by atoms with Crippen LogP contribution in [0.2, 0.25) is 5.02 Å². The van der Waals surface area contributed by atoms with E-state index in [-0.39, 0.29) is 27.1 Å². The largest absolute Gasteiger partial charge is 0.288 e. The van der Waals surface area contributed by atoms with Gasteiger partial charge < -0.3 is 0 Å². The summed E-state index contributed by atoms with van der Waals surface area (Å²) >= 11 is 6.31. The number of aryl methyl sites for hydroxylation is 2. The van der Waals surface area contributed by atoms with E-state index in [0.29, 0.717) is 5.56 Å². The smallest absolute Gasteiger partial charge is 0.280 e. The van der Waals surface area contributed by atoms with Crippen LogP contribution in [0.25, 0.3) is 11.1 Å². The highest BCUT2D eigenvalue weighted by atomic mass is 35.5. The average molecular weight is 424 g/mol. The zero-order chi connectivity index (χ0) is 20.6. The van der Waals surface area contributed by atoms with Gasteiger partial charge in [0, 0.05) is 20.4 Å². The SMILES string of the molecule is Cn1nnnc1NC(=O)c1nn(C)c(=O)c(-c2ccc(S(C)(=O)=O)cc2)c1Cl. The summed E-state index contributed by atoms with van der Waals surface area (Å²) in [7, 11) is -0.502. The number of nitrogens with zero attached hydrogens (tertiary/aromatic N) is 6. The molecule has 1 N–H and O–H groups in total. The summed E-state index contributed by atoms with van der Waals surface area (Å²) in [5.74, 6) is -0.650. The number of benzene rings is 1. The van der Waals surface area contributed by atoms with Crippen molar-refractivity contribution in [1.82, 2.24) is 30.0 Å². The number of sulfone groups is 1. The van der Waals surface area contributed by atoms with Crippen LogP contribution in [-0.4, -0.2) is 50.6 Å². The summed E-state index contributed by atoms with van der Waals surface area (Å²) in [6, 6.07) is 5.58. The first-order chi connectivity index (χ1) is 13.1. The second-order valence-corrected chi connectivity index (χ2v) is 8.24. The summed E-state index contributed by atoms with van der Waals surface area (Å²) in [5, 5.41) is 16.8. The van der Waals surface area contributed by atoms with Crippen LogP contribution in [0, 0.1) is 0 Å². The highest BCUT2D eigenvalue weighted by Crippen LogP contribution is 2.27. The fourth-order valence-electron chi connectivity index (χ4n) is 2.37. The van der Waals surface area contributed by atoms with E-state index in [2.05, 4.69) is 25.9 Å². The third-order valence-corrected chi connectivity index (χ3v) is 5.31. The van der Waals surface area contributed by atoms with Gasteiger partial charge in [0.25, 0.3) is 11.5 Å². The highest BCUT2D eigenvalue weighted by molar-refractivity contribution is 7.90. The lowest BCUT2D eigenvalue weighted by Gasteiger charge is -2.11. The molecule has 0 spiro atoms. The molecule has 3 aromatic rings. The van der Waals surface area contributed by atoms with Gasteiger partial charge in [-0.25, -0.2) is 17.8 Å². The zero-order valence-corrected chi connectivity index (χ0v) is 16.5. The van der Waals surface area contributed by atoms with Crippen molar-refractivity contribution in [3.8, 4) is 11.1 Å². The van der Waals surface area contributed by atoms with Crippen molar-refractivity contribution < 1.29 is 13.2 Å². The molecule has 11 nitrogen and oxygen atoms in total. The van der Waals surface area contributed by atoms with Crippen molar-refractivity contribution in [2.45, 2.75) is 4.90 Å². The lowest BCUT2D eigenvalue weighted by molar-refractivity contribution is 0.101. The van der Waals surface area contributed by atoms with Crippen molar-refractivity contribution in [1.29, 1.82) is 0 Å². The van der Waals surface area contributed by atoms with Gasteiger partial charge in [-0.3, -0.25) is 14.9 Å². The number of carbonyl (C=O) groups is 1. The normalized spacial score (nSPS) is 11.4. The van der Waals surface area contributed by atoms with Gasteiger partial charge in [0.05, 0.1) is 15.5 Å². The predicted octanol–water partition coefficient (Wildman–Crippen LogP) is 0.280. The van der Waals surface area contributed by atoms with Crippen molar-refractivity contribution in [2.75, 3.05) is 11.6 Å². The molecule has 2 aromatic heterocycles. The van der Waals surface area contributed by atoms with Crippen LogP contribution in [0.1, 0.15) is 10.5 Å². The number of hydrogen-bond donors (Lipinski definition) is 1. The monoisotopic (exact) mass is 423 g/mol. The van der Waals surface area contributed by atoms with Gasteiger partial charge in [0.2, 0.25) is 5.95 Å². The van der Waals surface area contributed by atoms with Crippen molar-refractivity contribution in [3.05, 3.63) is 45.3 Å². The van der Waals surface area contributed by atoms with Gasteiger partial charge in [-0.2, -0.15) is 5.10 Å². The second kappa shape index (κ2) is 7.13. The van der Waals surface area contributed by atoms with E-state index in [1.807, 2.05) is 0 Å². The minimum absolute atomic E-state index is 0.0143. The number of aromatic nitrogens is 6. The molecule has 0 saturated carbocycles. The molecular formula is C15H14ClN7O4S. The number of anilines is 1. The Hall–Kier alpha value is -3.12. The quantitative estimate of drug-likeness (QED) is 0.630. The van der Waals surface area contributed by atoms with E-state index in [1.54, 1.807) is 0 Å². The summed E-state index contributed by atoms with van der Waals surface area (Å²) in [4.78, 5) is 25.2. The number of tetrazole rings is 1. The van der Waals surface area contributed by atoms with E-state index in [4.69, 9.17) is 11.6 Å². The van der Waals surface area contributed by atoms with Crippen LogP contribution in [0.5, 0.6) is 0 Å². The summed E-state index contributed by atoms with van der Waals surface area (Å²) in [5.41, 5.74) is -0.404. The Morgan fingerprint density at radius 2 is 1.79 bits per heavy atom. The molecule has 0 radical (unpaired) electrons. The average Bonchev–Trinajstić information content (AvgIpc) is 3.02. The maximum Gasteiger partial charge on any atom is 0.280 e. The summed E-state index contributed by atoms with van der Waals surface area (Å²) in [6.07, 6.45) is 1.07. The molecule has 0 fully saturated rings. The fourth-order valence-corrected chi connectivity index (χ4v) is 3.32. The Labute approximate surface area is 163 Å². The third kappa shape index (κ3) is 3.64. The van der Waals surface area contributed by atoms with E-state index >= 15 is 0 Å². The van der Waals surface area contributed by atoms with Crippen LogP contribution in [-0.2, 0) is 23.9 Å². The lowest BCUT2D eigenvalue weighted by atomic mass is 10.1. The molecular weight excluding hydrogens is 410 g/mol. The molecule has 28 heavy (non-hydrogen) atoms. The maximum absolute atomic E-state index is 12.6. The Morgan fingerprint density at radius 1 is 1.14 bits per heavy atom. The topological polar surface area (TPSA) is 142 Å². The first-order valence-corrected chi connectivity index (χ1v) is 9.97. The van der Waals surface area contributed by atoms with E-state index in [1.165, 1.54) is 43.0 Å². The summed E-state index contributed by atoms with van der Waals surface area (Å²) < 4.78 is 25.4. The van der Waals surface area contributed by atoms with Crippen molar-refractivity contribution >= 4 is 33.3 Å².